The van der Waals surface area contributed by atoms with Gasteiger partial charge < -0.3 is 10.4 Å². The van der Waals surface area contributed by atoms with E-state index in [4.69, 9.17) is 5.11 Å². The number of carboxylic acid groups (broad SMARTS) is 1. The van der Waals surface area contributed by atoms with Crippen LogP contribution in [-0.2, 0) is 0 Å². The molecule has 0 saturated heterocycles. The van der Waals surface area contributed by atoms with Crippen molar-refractivity contribution in [3.63, 3.8) is 0 Å². The lowest BCUT2D eigenvalue weighted by Gasteiger charge is -2.33. The highest BCUT2D eigenvalue weighted by molar-refractivity contribution is 14.1. The largest absolute Gasteiger partial charge is 0.465 e. The molecule has 1 aliphatic carbocycles. The molecule has 10 heavy (non-hydrogen) atoms. The van der Waals surface area contributed by atoms with Gasteiger partial charge in [0.1, 0.15) is 0 Å². The van der Waals surface area contributed by atoms with E-state index in [2.05, 4.69) is 27.9 Å². The smallest absolute Gasteiger partial charge is 0.404 e. The topological polar surface area (TPSA) is 49.3 Å². The van der Waals surface area contributed by atoms with Gasteiger partial charge >= 0.3 is 6.09 Å². The van der Waals surface area contributed by atoms with Crippen molar-refractivity contribution in [3.8, 4) is 0 Å². The van der Waals surface area contributed by atoms with Crippen LogP contribution in [0.3, 0.4) is 0 Å². The van der Waals surface area contributed by atoms with Gasteiger partial charge in [0.2, 0.25) is 0 Å². The van der Waals surface area contributed by atoms with Gasteiger partial charge in [-0.1, -0.05) is 22.6 Å². The van der Waals surface area contributed by atoms with Crippen LogP contribution in [0.25, 0.3) is 0 Å². The Bertz CT molecular complexity index is 134. The van der Waals surface area contributed by atoms with Crippen LogP contribution in [0, 0.1) is 5.92 Å². The zero-order valence-electron chi connectivity index (χ0n) is 5.51. The predicted molar refractivity (Wildman–Crippen MR) is 46.6 cm³/mol. The predicted octanol–water partition coefficient (Wildman–Crippen LogP) is 1.47. The Hall–Kier alpha value is 0. The van der Waals surface area contributed by atoms with Crippen LogP contribution in [0.2, 0.25) is 0 Å². The minimum absolute atomic E-state index is 0.234. The summed E-state index contributed by atoms with van der Waals surface area (Å²) >= 11 is 2.33. The van der Waals surface area contributed by atoms with Crippen LogP contribution in [0.5, 0.6) is 0 Å². The van der Waals surface area contributed by atoms with Crippen molar-refractivity contribution < 1.29 is 9.90 Å². The summed E-state index contributed by atoms with van der Waals surface area (Å²) in [6.07, 6.45) is 1.15. The standard InChI is InChI=1S/C6H10INO2/c7-3-4-1-5(2-4)8-6(9)10/h4-5,8H,1-3H2,(H,9,10). The first-order chi connectivity index (χ1) is 4.72. The van der Waals surface area contributed by atoms with E-state index >= 15 is 0 Å². The highest BCUT2D eigenvalue weighted by Crippen LogP contribution is 2.28. The molecule has 0 radical (unpaired) electrons. The molecule has 2 N–H and O–H groups in total. The molecule has 4 heteroatoms. The molecular weight excluding hydrogens is 245 g/mol. The van der Waals surface area contributed by atoms with Gasteiger partial charge in [0.15, 0.2) is 0 Å². The van der Waals surface area contributed by atoms with E-state index in [1.807, 2.05) is 0 Å². The Morgan fingerprint density at radius 2 is 2.30 bits per heavy atom. The van der Waals surface area contributed by atoms with Crippen molar-refractivity contribution in [3.05, 3.63) is 0 Å². The number of nitrogens with one attached hydrogen (secondary N) is 1. The van der Waals surface area contributed by atoms with Crippen LogP contribution in [0.1, 0.15) is 12.8 Å². The fourth-order valence-electron chi connectivity index (χ4n) is 1.15. The number of rotatable bonds is 2. The summed E-state index contributed by atoms with van der Waals surface area (Å²) in [7, 11) is 0. The third kappa shape index (κ3) is 2.00. The number of amides is 1. The molecule has 0 aromatic rings. The molecule has 1 aliphatic rings. The Balaban J connectivity index is 2.08. The monoisotopic (exact) mass is 255 g/mol. The molecule has 0 aliphatic heterocycles. The Morgan fingerprint density at radius 3 is 2.70 bits per heavy atom. The van der Waals surface area contributed by atoms with Gasteiger partial charge in [-0.3, -0.25) is 0 Å². The van der Waals surface area contributed by atoms with Gasteiger partial charge in [-0.25, -0.2) is 4.79 Å². The van der Waals surface area contributed by atoms with Gasteiger partial charge in [-0.2, -0.15) is 0 Å². The van der Waals surface area contributed by atoms with E-state index in [0.717, 1.165) is 23.2 Å². The van der Waals surface area contributed by atoms with Crippen molar-refractivity contribution in [1.82, 2.24) is 5.32 Å². The van der Waals surface area contributed by atoms with Crippen LogP contribution >= 0.6 is 22.6 Å². The quantitative estimate of drug-likeness (QED) is 0.579. The SMILES string of the molecule is O=C(O)NC1CC(CI)C1. The van der Waals surface area contributed by atoms with Crippen molar-refractivity contribution in [2.75, 3.05) is 4.43 Å². The lowest BCUT2D eigenvalue weighted by Crippen LogP contribution is -2.44. The zero-order valence-corrected chi connectivity index (χ0v) is 7.67. The number of alkyl halides is 1. The van der Waals surface area contributed by atoms with E-state index in [-0.39, 0.29) is 6.04 Å². The maximum Gasteiger partial charge on any atom is 0.404 e. The van der Waals surface area contributed by atoms with Crippen LogP contribution < -0.4 is 5.32 Å². The third-order valence-corrected chi connectivity index (χ3v) is 3.03. The number of hydrogen-bond acceptors (Lipinski definition) is 1. The maximum atomic E-state index is 10.1. The second kappa shape index (κ2) is 3.41. The fraction of sp³-hybridized carbons (Fsp3) is 0.833. The molecule has 3 nitrogen and oxygen atoms in total. The molecule has 0 aromatic carbocycles. The highest BCUT2D eigenvalue weighted by Gasteiger charge is 2.28. The summed E-state index contributed by atoms with van der Waals surface area (Å²) in [5.41, 5.74) is 0. The fourth-order valence-corrected chi connectivity index (χ4v) is 1.87. The van der Waals surface area contributed by atoms with Crippen molar-refractivity contribution in [1.29, 1.82) is 0 Å². The minimum atomic E-state index is -0.892. The first-order valence-corrected chi connectivity index (χ1v) is 4.80. The molecular formula is C6H10INO2. The van der Waals surface area contributed by atoms with Gasteiger partial charge in [0, 0.05) is 10.5 Å². The molecule has 0 aromatic heterocycles. The molecule has 1 rings (SSSR count). The third-order valence-electron chi connectivity index (χ3n) is 1.78. The zero-order chi connectivity index (χ0) is 7.56. The van der Waals surface area contributed by atoms with Crippen molar-refractivity contribution >= 4 is 28.7 Å². The van der Waals surface area contributed by atoms with Crippen molar-refractivity contribution in [2.45, 2.75) is 18.9 Å². The first kappa shape index (κ1) is 8.10. The van der Waals surface area contributed by atoms with Crippen molar-refractivity contribution in [2.24, 2.45) is 5.92 Å². The van der Waals surface area contributed by atoms with Gasteiger partial charge in [-0.05, 0) is 18.8 Å². The van der Waals surface area contributed by atoms with E-state index in [0.29, 0.717) is 0 Å². The molecule has 0 heterocycles. The summed E-state index contributed by atoms with van der Waals surface area (Å²) in [5.74, 6) is 0.748. The van der Waals surface area contributed by atoms with E-state index in [1.54, 1.807) is 0 Å². The van der Waals surface area contributed by atoms with Gasteiger partial charge in [0.25, 0.3) is 0 Å². The Labute approximate surface area is 73.3 Å². The molecule has 0 bridgehead atoms. The minimum Gasteiger partial charge on any atom is -0.465 e. The normalized spacial score (nSPS) is 30.9. The van der Waals surface area contributed by atoms with E-state index in [9.17, 15) is 4.79 Å². The van der Waals surface area contributed by atoms with E-state index in [1.165, 1.54) is 0 Å². The number of halogens is 1. The summed E-state index contributed by atoms with van der Waals surface area (Å²) < 4.78 is 1.15. The maximum absolute atomic E-state index is 10.1. The highest BCUT2D eigenvalue weighted by atomic mass is 127. The summed E-state index contributed by atoms with van der Waals surface area (Å²) in [4.78, 5) is 10.1. The lowest BCUT2D eigenvalue weighted by molar-refractivity contribution is 0.171. The summed E-state index contributed by atoms with van der Waals surface area (Å²) in [5, 5.41) is 10.8. The van der Waals surface area contributed by atoms with Crippen LogP contribution in [0.4, 0.5) is 4.79 Å². The summed E-state index contributed by atoms with van der Waals surface area (Å²) in [6, 6.07) is 0.234. The molecule has 1 saturated carbocycles. The van der Waals surface area contributed by atoms with Crippen LogP contribution in [-0.4, -0.2) is 21.7 Å². The first-order valence-electron chi connectivity index (χ1n) is 3.27. The summed E-state index contributed by atoms with van der Waals surface area (Å²) in [6.45, 7) is 0. The average molecular weight is 255 g/mol. The Morgan fingerprint density at radius 1 is 1.70 bits per heavy atom. The van der Waals surface area contributed by atoms with Crippen LogP contribution in [0.15, 0.2) is 0 Å². The molecule has 1 amide bonds. The molecule has 58 valence electrons. The van der Waals surface area contributed by atoms with Gasteiger partial charge in [0.05, 0.1) is 0 Å². The number of hydrogen-bond donors (Lipinski definition) is 2. The number of carbonyl (C=O) groups is 1. The molecule has 0 atom stereocenters. The van der Waals surface area contributed by atoms with E-state index < -0.39 is 6.09 Å². The molecule has 0 unspecified atom stereocenters. The molecule has 0 spiro atoms. The van der Waals surface area contributed by atoms with Gasteiger partial charge in [-0.15, -0.1) is 0 Å². The second-order valence-electron chi connectivity index (χ2n) is 2.64. The average Bonchev–Trinajstić information content (AvgIpc) is 1.76. The Kier molecular flexibility index (Phi) is 2.76. The lowest BCUT2D eigenvalue weighted by atomic mass is 9.82. The molecule has 1 fully saturated rings. The second-order valence-corrected chi connectivity index (χ2v) is 3.52.